The average Bonchev–Trinajstić information content (AvgIpc) is 3.14. The first kappa shape index (κ1) is 16.8. The largest absolute Gasteiger partial charge is 0.384 e. The molecule has 0 bridgehead atoms. The minimum Gasteiger partial charge on any atom is -0.384 e. The van der Waals surface area contributed by atoms with E-state index >= 15 is 0 Å². The molecule has 8 heteroatoms. The van der Waals surface area contributed by atoms with Gasteiger partial charge in [-0.2, -0.15) is 0 Å². The second kappa shape index (κ2) is 5.70. The number of aromatic amines is 1. The number of aromatic nitrogens is 3. The van der Waals surface area contributed by atoms with Crippen LogP contribution in [0.1, 0.15) is 20.3 Å². The van der Waals surface area contributed by atoms with Crippen LogP contribution in [0.5, 0.6) is 0 Å². The number of nitrogens with zero attached hydrogens (tertiary/aromatic N) is 3. The van der Waals surface area contributed by atoms with Crippen molar-refractivity contribution < 1.29 is 8.42 Å². The fourth-order valence-electron chi connectivity index (χ4n) is 3.51. The number of sulfone groups is 1. The number of nitrogens with two attached hydrogens (primary N) is 1. The van der Waals surface area contributed by atoms with Gasteiger partial charge in [0, 0.05) is 13.1 Å². The Bertz CT molecular complexity index is 1070. The van der Waals surface area contributed by atoms with E-state index in [0.717, 1.165) is 19.5 Å². The number of nitrogen functional groups attached to an aromatic ring is 1. The molecule has 136 valence electrons. The normalized spacial score (nSPS) is 17.1. The summed E-state index contributed by atoms with van der Waals surface area (Å²) in [7, 11) is -3.78. The van der Waals surface area contributed by atoms with E-state index < -0.39 is 9.84 Å². The third-order valence-electron chi connectivity index (χ3n) is 4.85. The maximum Gasteiger partial charge on any atom is 0.212 e. The van der Waals surface area contributed by atoms with Crippen LogP contribution in [0.15, 0.2) is 46.5 Å². The Labute approximate surface area is 152 Å². The Morgan fingerprint density at radius 1 is 1.19 bits per heavy atom. The molecule has 1 aromatic carbocycles. The van der Waals surface area contributed by atoms with Gasteiger partial charge < -0.3 is 15.6 Å². The smallest absolute Gasteiger partial charge is 0.212 e. The lowest BCUT2D eigenvalue weighted by molar-refractivity contribution is 0.418. The van der Waals surface area contributed by atoms with Gasteiger partial charge in [0.1, 0.15) is 28.1 Å². The summed E-state index contributed by atoms with van der Waals surface area (Å²) in [6, 6.07) is 8.25. The molecular formula is C18H21N5O2S. The van der Waals surface area contributed by atoms with Crippen LogP contribution >= 0.6 is 0 Å². The molecule has 3 aromatic rings. The fraction of sp³-hybridized carbons (Fsp3) is 0.333. The number of benzene rings is 1. The summed E-state index contributed by atoms with van der Waals surface area (Å²) >= 11 is 0. The van der Waals surface area contributed by atoms with Gasteiger partial charge >= 0.3 is 0 Å². The number of hydrogen-bond acceptors (Lipinski definition) is 6. The molecule has 1 fully saturated rings. The summed E-state index contributed by atoms with van der Waals surface area (Å²) in [5.41, 5.74) is 7.17. The number of rotatable bonds is 3. The van der Waals surface area contributed by atoms with E-state index in [0.29, 0.717) is 16.9 Å². The van der Waals surface area contributed by atoms with Crippen molar-refractivity contribution in [1.82, 2.24) is 15.0 Å². The quantitative estimate of drug-likeness (QED) is 0.733. The Hall–Kier alpha value is -2.61. The zero-order chi connectivity index (χ0) is 18.5. The summed E-state index contributed by atoms with van der Waals surface area (Å²) in [5.74, 6) is 0.783. The van der Waals surface area contributed by atoms with Crippen molar-refractivity contribution in [2.24, 2.45) is 5.41 Å². The summed E-state index contributed by atoms with van der Waals surface area (Å²) < 4.78 is 26.2. The Kier molecular flexibility index (Phi) is 3.69. The molecule has 1 aliphatic heterocycles. The highest BCUT2D eigenvalue weighted by molar-refractivity contribution is 7.92. The molecule has 2 aromatic heterocycles. The van der Waals surface area contributed by atoms with Crippen LogP contribution in [0.3, 0.4) is 0 Å². The maximum absolute atomic E-state index is 13.1. The Morgan fingerprint density at radius 3 is 2.58 bits per heavy atom. The number of H-pyrrole nitrogens is 1. The molecule has 4 rings (SSSR count). The molecule has 26 heavy (non-hydrogen) atoms. The highest BCUT2D eigenvalue weighted by Crippen LogP contribution is 2.38. The van der Waals surface area contributed by atoms with Gasteiger partial charge in [-0.05, 0) is 24.0 Å². The lowest BCUT2D eigenvalue weighted by Crippen LogP contribution is -2.24. The van der Waals surface area contributed by atoms with E-state index in [2.05, 4.69) is 33.7 Å². The molecule has 0 unspecified atom stereocenters. The summed E-state index contributed by atoms with van der Waals surface area (Å²) in [4.78, 5) is 14.0. The first-order valence-corrected chi connectivity index (χ1v) is 9.95. The van der Waals surface area contributed by atoms with Crippen molar-refractivity contribution in [3.8, 4) is 0 Å². The predicted molar refractivity (Wildman–Crippen MR) is 101 cm³/mol. The van der Waals surface area contributed by atoms with Crippen molar-refractivity contribution in [1.29, 1.82) is 0 Å². The second-order valence-electron chi connectivity index (χ2n) is 7.44. The number of fused-ring (bicyclic) bond motifs is 1. The third kappa shape index (κ3) is 2.61. The minimum absolute atomic E-state index is 0.0146. The molecule has 0 radical (unpaired) electrons. The molecule has 3 N–H and O–H groups in total. The first-order valence-electron chi connectivity index (χ1n) is 8.47. The molecule has 0 atom stereocenters. The van der Waals surface area contributed by atoms with Crippen molar-refractivity contribution in [2.45, 2.75) is 30.1 Å². The van der Waals surface area contributed by atoms with Crippen LogP contribution in [-0.2, 0) is 9.84 Å². The van der Waals surface area contributed by atoms with Gasteiger partial charge in [0.15, 0.2) is 5.82 Å². The van der Waals surface area contributed by atoms with E-state index in [1.165, 1.54) is 6.33 Å². The summed E-state index contributed by atoms with van der Waals surface area (Å²) in [5, 5.41) is 0. The van der Waals surface area contributed by atoms with Gasteiger partial charge in [0.25, 0.3) is 0 Å². The molecule has 3 heterocycles. The van der Waals surface area contributed by atoms with Crippen LogP contribution < -0.4 is 10.6 Å². The van der Waals surface area contributed by atoms with Crippen molar-refractivity contribution in [3.05, 3.63) is 36.7 Å². The van der Waals surface area contributed by atoms with Crippen molar-refractivity contribution in [2.75, 3.05) is 23.7 Å². The van der Waals surface area contributed by atoms with Gasteiger partial charge in [0.2, 0.25) is 9.84 Å². The highest BCUT2D eigenvalue weighted by Gasteiger charge is 2.33. The lowest BCUT2D eigenvalue weighted by atomic mass is 9.93. The second-order valence-corrected chi connectivity index (χ2v) is 9.33. The van der Waals surface area contributed by atoms with Crippen molar-refractivity contribution in [3.63, 3.8) is 0 Å². The van der Waals surface area contributed by atoms with Crippen LogP contribution in [0.2, 0.25) is 0 Å². The summed E-state index contributed by atoms with van der Waals surface area (Å²) in [6.45, 7) is 6.12. The van der Waals surface area contributed by atoms with Gasteiger partial charge in [-0.1, -0.05) is 32.0 Å². The van der Waals surface area contributed by atoms with E-state index in [1.807, 2.05) is 0 Å². The van der Waals surface area contributed by atoms with Gasteiger partial charge in [0.05, 0.1) is 4.90 Å². The molecule has 0 amide bonds. The average molecular weight is 371 g/mol. The molecular weight excluding hydrogens is 350 g/mol. The Balaban J connectivity index is 1.89. The zero-order valence-electron chi connectivity index (χ0n) is 14.7. The predicted octanol–water partition coefficient (Wildman–Crippen LogP) is 2.61. The van der Waals surface area contributed by atoms with Gasteiger partial charge in [-0.15, -0.1) is 0 Å². The van der Waals surface area contributed by atoms with E-state index in [-0.39, 0.29) is 21.0 Å². The molecule has 1 aliphatic rings. The number of hydrogen-bond donors (Lipinski definition) is 2. The van der Waals surface area contributed by atoms with Crippen LogP contribution in [0.25, 0.3) is 11.0 Å². The topological polar surface area (TPSA) is 105 Å². The number of anilines is 2. The van der Waals surface area contributed by atoms with Crippen LogP contribution in [0, 0.1) is 5.41 Å². The Morgan fingerprint density at radius 2 is 1.92 bits per heavy atom. The zero-order valence-corrected chi connectivity index (χ0v) is 15.5. The third-order valence-corrected chi connectivity index (χ3v) is 6.69. The molecule has 0 aliphatic carbocycles. The van der Waals surface area contributed by atoms with E-state index in [1.54, 1.807) is 30.3 Å². The monoisotopic (exact) mass is 371 g/mol. The highest BCUT2D eigenvalue weighted by atomic mass is 32.2. The lowest BCUT2D eigenvalue weighted by Gasteiger charge is -2.20. The van der Waals surface area contributed by atoms with Crippen LogP contribution in [-0.4, -0.2) is 36.5 Å². The first-order chi connectivity index (χ1) is 12.3. The number of nitrogens with one attached hydrogen (secondary N) is 1. The van der Waals surface area contributed by atoms with E-state index in [9.17, 15) is 8.42 Å². The van der Waals surface area contributed by atoms with Crippen molar-refractivity contribution >= 4 is 32.5 Å². The fourth-order valence-corrected chi connectivity index (χ4v) is 5.01. The molecule has 7 nitrogen and oxygen atoms in total. The SMILES string of the molecule is CC1(C)CCN(c2ncnc3c(S(=O)(=O)c4ccccc4)c(N)[nH]c23)C1. The minimum atomic E-state index is -3.78. The summed E-state index contributed by atoms with van der Waals surface area (Å²) in [6.07, 6.45) is 2.45. The van der Waals surface area contributed by atoms with Gasteiger partial charge in [-0.25, -0.2) is 18.4 Å². The standard InChI is InChI=1S/C18H21N5O2S/c1-18(2)8-9-23(10-18)17-14-13(20-11-21-17)15(16(19)22-14)26(24,25)12-6-4-3-5-7-12/h3-7,11,22H,8-10,19H2,1-2H3. The van der Waals surface area contributed by atoms with E-state index in [4.69, 9.17) is 5.73 Å². The van der Waals surface area contributed by atoms with Gasteiger partial charge in [-0.3, -0.25) is 0 Å². The molecule has 1 saturated heterocycles. The molecule has 0 spiro atoms. The molecule has 0 saturated carbocycles. The van der Waals surface area contributed by atoms with Crippen LogP contribution in [0.4, 0.5) is 11.6 Å². The maximum atomic E-state index is 13.1.